The van der Waals surface area contributed by atoms with Crippen molar-refractivity contribution in [1.82, 2.24) is 19.7 Å². The number of nitrogens with one attached hydrogen (secondary N) is 1. The van der Waals surface area contributed by atoms with E-state index >= 15 is 0 Å². The van der Waals surface area contributed by atoms with Crippen LogP contribution in [0.1, 0.15) is 30.8 Å². The number of carbonyl (C=O) groups excluding carboxylic acids is 1. The molecule has 2 aromatic rings. The summed E-state index contributed by atoms with van der Waals surface area (Å²) in [6, 6.07) is 4.05. The fourth-order valence-electron chi connectivity index (χ4n) is 2.91. The molecular weight excluding hydrogens is 347 g/mol. The summed E-state index contributed by atoms with van der Waals surface area (Å²) in [5, 5.41) is 7.11. The van der Waals surface area contributed by atoms with E-state index in [0.717, 1.165) is 11.8 Å². The van der Waals surface area contributed by atoms with E-state index in [1.165, 1.54) is 12.3 Å². The number of nitrogens with zero attached hydrogens (tertiary/aromatic N) is 4. The van der Waals surface area contributed by atoms with Gasteiger partial charge in [0.1, 0.15) is 5.82 Å². The Balaban J connectivity index is 1.70. The lowest BCUT2D eigenvalue weighted by Gasteiger charge is -2.29. The average molecular weight is 367 g/mol. The first-order valence-electron chi connectivity index (χ1n) is 8.36. The van der Waals surface area contributed by atoms with Gasteiger partial charge in [0.05, 0.1) is 36.6 Å². The van der Waals surface area contributed by atoms with Crippen molar-refractivity contribution in [2.45, 2.75) is 39.7 Å². The second kappa shape index (κ2) is 6.97. The van der Waals surface area contributed by atoms with Crippen LogP contribution in [0.15, 0.2) is 24.4 Å². The fraction of sp³-hybridized carbons (Fsp3) is 0.471. The Morgan fingerprint density at radius 1 is 1.35 bits per heavy atom. The molecule has 26 heavy (non-hydrogen) atoms. The van der Waals surface area contributed by atoms with Crippen molar-refractivity contribution in [2.75, 3.05) is 11.9 Å². The van der Waals surface area contributed by atoms with Gasteiger partial charge in [-0.15, -0.1) is 0 Å². The van der Waals surface area contributed by atoms with Gasteiger partial charge in [-0.2, -0.15) is 18.3 Å². The van der Waals surface area contributed by atoms with Gasteiger partial charge in [0.15, 0.2) is 0 Å². The largest absolute Gasteiger partial charge is 0.419 e. The minimum absolute atomic E-state index is 0.0736. The van der Waals surface area contributed by atoms with E-state index in [0.29, 0.717) is 25.3 Å². The first-order chi connectivity index (χ1) is 12.3. The lowest BCUT2D eigenvalue weighted by Crippen LogP contribution is -2.40. The molecule has 0 aromatic carbocycles. The van der Waals surface area contributed by atoms with Gasteiger partial charge in [-0.1, -0.05) is 13.8 Å². The van der Waals surface area contributed by atoms with E-state index in [2.05, 4.69) is 15.4 Å². The number of aromatic nitrogens is 3. The minimum Gasteiger partial charge on any atom is -0.364 e. The molecule has 3 heterocycles. The zero-order chi connectivity index (χ0) is 18.9. The summed E-state index contributed by atoms with van der Waals surface area (Å²) in [4.78, 5) is 17.7. The van der Waals surface area contributed by atoms with Gasteiger partial charge in [-0.05, 0) is 18.2 Å². The summed E-state index contributed by atoms with van der Waals surface area (Å²) in [5.74, 6) is -0.210. The Hall–Kier alpha value is -2.58. The molecule has 1 amide bonds. The van der Waals surface area contributed by atoms with Crippen molar-refractivity contribution in [1.29, 1.82) is 0 Å². The van der Waals surface area contributed by atoms with Gasteiger partial charge in [-0.25, -0.2) is 4.98 Å². The Kier molecular flexibility index (Phi) is 4.88. The zero-order valence-electron chi connectivity index (χ0n) is 14.5. The number of carbonyl (C=O) groups is 1. The van der Waals surface area contributed by atoms with Crippen molar-refractivity contribution < 1.29 is 18.0 Å². The number of fused-ring (bicyclic) bond motifs is 1. The molecule has 0 bridgehead atoms. The van der Waals surface area contributed by atoms with Gasteiger partial charge >= 0.3 is 6.18 Å². The molecule has 2 aromatic heterocycles. The molecule has 0 unspecified atom stereocenters. The SMILES string of the molecule is CC(C)C(=O)N1CCn2nc(CNc3ncccc3C(F)(F)F)cc2C1. The van der Waals surface area contributed by atoms with Gasteiger partial charge in [-0.3, -0.25) is 9.48 Å². The molecule has 140 valence electrons. The lowest BCUT2D eigenvalue weighted by atomic mass is 10.1. The van der Waals surface area contributed by atoms with E-state index in [1.807, 2.05) is 19.9 Å². The van der Waals surface area contributed by atoms with Gasteiger partial charge in [0.25, 0.3) is 0 Å². The highest BCUT2D eigenvalue weighted by atomic mass is 19.4. The summed E-state index contributed by atoms with van der Waals surface area (Å²) in [6.07, 6.45) is -3.16. The minimum atomic E-state index is -4.47. The van der Waals surface area contributed by atoms with Crippen molar-refractivity contribution in [2.24, 2.45) is 5.92 Å². The molecule has 6 nitrogen and oxygen atoms in total. The number of alkyl halides is 3. The summed E-state index contributed by atoms with van der Waals surface area (Å²) >= 11 is 0. The van der Waals surface area contributed by atoms with Gasteiger partial charge in [0.2, 0.25) is 5.91 Å². The Bertz CT molecular complexity index is 800. The van der Waals surface area contributed by atoms with E-state index in [1.54, 1.807) is 9.58 Å². The van der Waals surface area contributed by atoms with Crippen LogP contribution in [-0.4, -0.2) is 32.1 Å². The van der Waals surface area contributed by atoms with Crippen LogP contribution in [0.4, 0.5) is 19.0 Å². The number of amides is 1. The molecule has 0 saturated carbocycles. The van der Waals surface area contributed by atoms with Crippen LogP contribution in [0.2, 0.25) is 0 Å². The number of hydrogen-bond acceptors (Lipinski definition) is 4. The van der Waals surface area contributed by atoms with Crippen molar-refractivity contribution in [3.8, 4) is 0 Å². The van der Waals surface area contributed by atoms with E-state index < -0.39 is 11.7 Å². The quantitative estimate of drug-likeness (QED) is 0.903. The summed E-state index contributed by atoms with van der Waals surface area (Å²) in [7, 11) is 0. The summed E-state index contributed by atoms with van der Waals surface area (Å²) < 4.78 is 40.8. The third-order valence-corrected chi connectivity index (χ3v) is 4.20. The maximum absolute atomic E-state index is 13.0. The molecule has 0 atom stereocenters. The molecule has 0 fully saturated rings. The van der Waals surface area contributed by atoms with Crippen LogP contribution < -0.4 is 5.32 Å². The lowest BCUT2D eigenvalue weighted by molar-refractivity contribution is -0.137. The molecular formula is C17H20F3N5O. The highest BCUT2D eigenvalue weighted by molar-refractivity contribution is 5.78. The van der Waals surface area contributed by atoms with Crippen LogP contribution in [0.25, 0.3) is 0 Å². The highest BCUT2D eigenvalue weighted by Gasteiger charge is 2.34. The normalized spacial score (nSPS) is 14.5. The van der Waals surface area contributed by atoms with Gasteiger partial charge < -0.3 is 10.2 Å². The van der Waals surface area contributed by atoms with E-state index in [-0.39, 0.29) is 24.2 Å². The van der Waals surface area contributed by atoms with Crippen LogP contribution in [0.5, 0.6) is 0 Å². The molecule has 3 rings (SSSR count). The van der Waals surface area contributed by atoms with Crippen molar-refractivity contribution in [3.63, 3.8) is 0 Å². The predicted octanol–water partition coefficient (Wildman–Crippen LogP) is 2.91. The number of halogens is 3. The standard InChI is InChI=1S/C17H20F3N5O/c1-11(2)16(26)24-6-7-25-13(10-24)8-12(23-25)9-22-15-14(17(18,19)20)4-3-5-21-15/h3-5,8,11H,6-7,9-10H2,1-2H3,(H,21,22). The number of pyridine rings is 1. The monoisotopic (exact) mass is 367 g/mol. The number of rotatable bonds is 4. The summed E-state index contributed by atoms with van der Waals surface area (Å²) in [5.41, 5.74) is 0.675. The fourth-order valence-corrected chi connectivity index (χ4v) is 2.91. The number of anilines is 1. The van der Waals surface area contributed by atoms with Crippen LogP contribution in [0, 0.1) is 5.92 Å². The van der Waals surface area contributed by atoms with Crippen LogP contribution in [0.3, 0.4) is 0 Å². The van der Waals surface area contributed by atoms with E-state index in [9.17, 15) is 18.0 Å². The highest BCUT2D eigenvalue weighted by Crippen LogP contribution is 2.33. The number of hydrogen-bond donors (Lipinski definition) is 1. The average Bonchev–Trinajstić information content (AvgIpc) is 3.00. The third kappa shape index (κ3) is 3.81. The van der Waals surface area contributed by atoms with Crippen LogP contribution >= 0.6 is 0 Å². The maximum atomic E-state index is 13.0. The third-order valence-electron chi connectivity index (χ3n) is 4.20. The molecule has 1 N–H and O–H groups in total. The molecule has 0 spiro atoms. The molecule has 1 aliphatic rings. The molecule has 0 radical (unpaired) electrons. The first-order valence-corrected chi connectivity index (χ1v) is 8.36. The van der Waals surface area contributed by atoms with Crippen LogP contribution in [-0.2, 0) is 30.6 Å². The van der Waals surface area contributed by atoms with Crippen molar-refractivity contribution in [3.05, 3.63) is 41.3 Å². The molecule has 9 heteroatoms. The zero-order valence-corrected chi connectivity index (χ0v) is 14.5. The van der Waals surface area contributed by atoms with Gasteiger partial charge in [0, 0.05) is 18.7 Å². The van der Waals surface area contributed by atoms with Crippen molar-refractivity contribution >= 4 is 11.7 Å². The smallest absolute Gasteiger partial charge is 0.364 e. The maximum Gasteiger partial charge on any atom is 0.419 e. The second-order valence-electron chi connectivity index (χ2n) is 6.52. The Morgan fingerprint density at radius 2 is 2.12 bits per heavy atom. The summed E-state index contributed by atoms with van der Waals surface area (Å²) in [6.45, 7) is 5.45. The second-order valence-corrected chi connectivity index (χ2v) is 6.52. The topological polar surface area (TPSA) is 63.1 Å². The first kappa shape index (κ1) is 18.2. The molecule has 1 aliphatic heterocycles. The Labute approximate surface area is 149 Å². The molecule has 0 saturated heterocycles. The van der Waals surface area contributed by atoms with E-state index in [4.69, 9.17) is 0 Å². The molecule has 0 aliphatic carbocycles. The predicted molar refractivity (Wildman–Crippen MR) is 89.0 cm³/mol. The Morgan fingerprint density at radius 3 is 2.81 bits per heavy atom.